The summed E-state index contributed by atoms with van der Waals surface area (Å²) in [5.41, 5.74) is 2.15. The van der Waals surface area contributed by atoms with Crippen LogP contribution in [-0.4, -0.2) is 20.6 Å². The summed E-state index contributed by atoms with van der Waals surface area (Å²) in [7, 11) is 0. The normalized spacial score (nSPS) is 10.8. The van der Waals surface area contributed by atoms with Crippen LogP contribution < -0.4 is 16.2 Å². The molecule has 0 atom stereocenters. The van der Waals surface area contributed by atoms with Gasteiger partial charge < -0.3 is 10.6 Å². The van der Waals surface area contributed by atoms with E-state index in [1.54, 1.807) is 6.07 Å². The minimum absolute atomic E-state index is 0.0176. The fourth-order valence-corrected chi connectivity index (χ4v) is 3.59. The zero-order valence-electron chi connectivity index (χ0n) is 15.3. The Morgan fingerprint density at radius 3 is 2.69 bits per heavy atom. The third kappa shape index (κ3) is 4.14. The lowest BCUT2D eigenvalue weighted by Crippen LogP contribution is -2.29. The number of carbonyl (C=O) groups excluding carboxylic acids is 1. The first kappa shape index (κ1) is 18.8. The fourth-order valence-electron chi connectivity index (χ4n) is 2.66. The van der Waals surface area contributed by atoms with Crippen molar-refractivity contribution < 1.29 is 9.18 Å². The van der Waals surface area contributed by atoms with Crippen LogP contribution in [-0.2, 0) is 6.54 Å². The van der Waals surface area contributed by atoms with Gasteiger partial charge >= 0.3 is 6.03 Å². The molecule has 0 unspecified atom stereocenters. The number of nitrogens with one attached hydrogen (secondary N) is 2. The highest BCUT2D eigenvalue weighted by molar-refractivity contribution is 7.19. The van der Waals surface area contributed by atoms with E-state index in [1.165, 1.54) is 40.1 Å². The number of carbonyl (C=O) groups is 1. The van der Waals surface area contributed by atoms with Crippen LogP contribution in [0.4, 0.5) is 14.9 Å². The van der Waals surface area contributed by atoms with Crippen molar-refractivity contribution >= 4 is 28.0 Å². The predicted octanol–water partition coefficient (Wildman–Crippen LogP) is 3.59. The molecule has 0 aliphatic heterocycles. The van der Waals surface area contributed by atoms with Crippen LogP contribution in [0.25, 0.3) is 15.5 Å². The molecular formula is C20H16FN5O2S. The minimum Gasteiger partial charge on any atom is -0.332 e. The van der Waals surface area contributed by atoms with Crippen LogP contribution in [0, 0.1) is 12.7 Å². The second-order valence-corrected chi connectivity index (χ2v) is 7.30. The zero-order valence-corrected chi connectivity index (χ0v) is 16.2. The number of aryl methyl sites for hydroxylation is 1. The summed E-state index contributed by atoms with van der Waals surface area (Å²) in [6.45, 7) is 2.01. The Morgan fingerprint density at radius 1 is 1.17 bits per heavy atom. The van der Waals surface area contributed by atoms with Crippen molar-refractivity contribution in [1.29, 1.82) is 0 Å². The number of hydrogen-bond donors (Lipinski definition) is 2. The zero-order chi connectivity index (χ0) is 20.4. The summed E-state index contributed by atoms with van der Waals surface area (Å²) < 4.78 is 14.8. The molecule has 7 nitrogen and oxygen atoms in total. The van der Waals surface area contributed by atoms with Crippen LogP contribution in [0.3, 0.4) is 0 Å². The van der Waals surface area contributed by atoms with Crippen molar-refractivity contribution in [2.75, 3.05) is 5.32 Å². The highest BCUT2D eigenvalue weighted by Crippen LogP contribution is 2.24. The van der Waals surface area contributed by atoms with Gasteiger partial charge in [-0.25, -0.2) is 14.2 Å². The minimum atomic E-state index is -0.596. The van der Waals surface area contributed by atoms with Gasteiger partial charge in [0.15, 0.2) is 0 Å². The standard InChI is InChI=1S/C20H16FN5O2S/c1-12-6-8-13(9-7-12)18-25-26-17(27)10-14(23-20(26)29-18)11-22-19(28)24-16-5-3-2-4-15(16)21/h2-10H,11H2,1H3,(H2,22,24,28). The van der Waals surface area contributed by atoms with Crippen molar-refractivity contribution in [2.45, 2.75) is 13.5 Å². The van der Waals surface area contributed by atoms with Crippen molar-refractivity contribution in [3.63, 3.8) is 0 Å². The average Bonchev–Trinajstić information content (AvgIpc) is 3.13. The number of aromatic nitrogens is 3. The first-order valence-electron chi connectivity index (χ1n) is 8.76. The number of urea groups is 1. The summed E-state index contributed by atoms with van der Waals surface area (Å²) in [4.78, 5) is 29.2. The molecule has 2 N–H and O–H groups in total. The fraction of sp³-hybridized carbons (Fsp3) is 0.100. The molecule has 0 fully saturated rings. The molecule has 2 aromatic carbocycles. The van der Waals surface area contributed by atoms with Crippen molar-refractivity contribution in [2.24, 2.45) is 0 Å². The van der Waals surface area contributed by atoms with E-state index in [2.05, 4.69) is 20.7 Å². The van der Waals surface area contributed by atoms with E-state index < -0.39 is 11.8 Å². The van der Waals surface area contributed by atoms with Gasteiger partial charge in [0.1, 0.15) is 10.8 Å². The topological polar surface area (TPSA) is 88.4 Å². The molecule has 9 heteroatoms. The van der Waals surface area contributed by atoms with E-state index >= 15 is 0 Å². The van der Waals surface area contributed by atoms with E-state index in [1.807, 2.05) is 31.2 Å². The average molecular weight is 409 g/mol. The molecule has 0 aliphatic rings. The molecule has 0 radical (unpaired) electrons. The van der Waals surface area contributed by atoms with E-state index in [9.17, 15) is 14.0 Å². The second-order valence-electron chi connectivity index (χ2n) is 6.34. The summed E-state index contributed by atoms with van der Waals surface area (Å²) in [6, 6.07) is 14.4. The van der Waals surface area contributed by atoms with Gasteiger partial charge in [0, 0.05) is 11.6 Å². The number of hydrogen-bond acceptors (Lipinski definition) is 5. The van der Waals surface area contributed by atoms with Crippen molar-refractivity contribution in [3.8, 4) is 10.6 Å². The molecule has 0 saturated heterocycles. The van der Waals surface area contributed by atoms with Crippen LogP contribution >= 0.6 is 11.3 Å². The van der Waals surface area contributed by atoms with Gasteiger partial charge in [-0.05, 0) is 19.1 Å². The van der Waals surface area contributed by atoms with E-state index in [0.29, 0.717) is 15.7 Å². The van der Waals surface area contributed by atoms with Crippen LogP contribution in [0.5, 0.6) is 0 Å². The number of halogens is 1. The second kappa shape index (κ2) is 7.80. The van der Waals surface area contributed by atoms with Gasteiger partial charge in [-0.3, -0.25) is 4.79 Å². The molecule has 2 aromatic heterocycles. The monoisotopic (exact) mass is 409 g/mol. The van der Waals surface area contributed by atoms with Crippen LogP contribution in [0.1, 0.15) is 11.3 Å². The van der Waals surface area contributed by atoms with E-state index in [0.717, 1.165) is 11.1 Å². The third-order valence-electron chi connectivity index (χ3n) is 4.15. The number of rotatable bonds is 4. The SMILES string of the molecule is Cc1ccc(-c2nn3c(=O)cc(CNC(=O)Nc4ccccc4F)nc3s2)cc1. The van der Waals surface area contributed by atoms with Gasteiger partial charge in [-0.2, -0.15) is 9.61 Å². The molecule has 2 amide bonds. The Hall–Kier alpha value is -3.59. The van der Waals surface area contributed by atoms with Crippen LogP contribution in [0.2, 0.25) is 0 Å². The number of benzene rings is 2. The van der Waals surface area contributed by atoms with Crippen LogP contribution in [0.15, 0.2) is 59.4 Å². The predicted molar refractivity (Wildman–Crippen MR) is 110 cm³/mol. The largest absolute Gasteiger partial charge is 0.332 e. The number of anilines is 1. The maximum atomic E-state index is 13.6. The third-order valence-corrected chi connectivity index (χ3v) is 5.11. The Balaban J connectivity index is 1.51. The Kier molecular flexibility index (Phi) is 5.05. The van der Waals surface area contributed by atoms with Gasteiger partial charge in [0.2, 0.25) is 4.96 Å². The molecule has 146 valence electrons. The summed E-state index contributed by atoms with van der Waals surface area (Å²) >= 11 is 1.29. The molecule has 29 heavy (non-hydrogen) atoms. The lowest BCUT2D eigenvalue weighted by molar-refractivity contribution is 0.251. The van der Waals surface area contributed by atoms with Gasteiger partial charge in [0.25, 0.3) is 5.56 Å². The summed E-state index contributed by atoms with van der Waals surface area (Å²) in [5.74, 6) is -0.534. The molecule has 0 spiro atoms. The van der Waals surface area contributed by atoms with Gasteiger partial charge in [-0.1, -0.05) is 53.3 Å². The lowest BCUT2D eigenvalue weighted by Gasteiger charge is -2.07. The molecule has 2 heterocycles. The molecule has 4 aromatic rings. The highest BCUT2D eigenvalue weighted by atomic mass is 32.1. The Morgan fingerprint density at radius 2 is 1.93 bits per heavy atom. The van der Waals surface area contributed by atoms with Gasteiger partial charge in [0.05, 0.1) is 17.9 Å². The molecular weight excluding hydrogens is 393 g/mol. The first-order chi connectivity index (χ1) is 14.0. The summed E-state index contributed by atoms with van der Waals surface area (Å²) in [6.07, 6.45) is 0. The number of para-hydroxylation sites is 1. The quantitative estimate of drug-likeness (QED) is 0.539. The van der Waals surface area contributed by atoms with Crippen molar-refractivity contribution in [3.05, 3.63) is 82.0 Å². The first-order valence-corrected chi connectivity index (χ1v) is 9.57. The van der Waals surface area contributed by atoms with Crippen molar-refractivity contribution in [1.82, 2.24) is 19.9 Å². The Labute approximate surface area is 168 Å². The van der Waals surface area contributed by atoms with E-state index in [4.69, 9.17) is 0 Å². The molecule has 0 saturated carbocycles. The molecule has 0 aliphatic carbocycles. The number of amides is 2. The Bertz CT molecular complexity index is 1250. The maximum absolute atomic E-state index is 13.6. The molecule has 4 rings (SSSR count). The maximum Gasteiger partial charge on any atom is 0.319 e. The number of fused-ring (bicyclic) bond motifs is 1. The lowest BCUT2D eigenvalue weighted by atomic mass is 10.2. The number of nitrogens with zero attached hydrogens (tertiary/aromatic N) is 3. The smallest absolute Gasteiger partial charge is 0.319 e. The van der Waals surface area contributed by atoms with Gasteiger partial charge in [-0.15, -0.1) is 0 Å². The molecule has 0 bridgehead atoms. The van der Waals surface area contributed by atoms with E-state index in [-0.39, 0.29) is 17.8 Å². The highest BCUT2D eigenvalue weighted by Gasteiger charge is 2.12. The summed E-state index contributed by atoms with van der Waals surface area (Å²) in [5, 5.41) is 10.00.